The molecule has 5 nitrogen and oxygen atoms in total. The van der Waals surface area contributed by atoms with Crippen LogP contribution in [0.2, 0.25) is 0 Å². The molecule has 0 aromatic rings. The molecule has 0 aromatic carbocycles. The van der Waals surface area contributed by atoms with Crippen LogP contribution in [-0.2, 0) is 9.59 Å². The molecule has 1 atom stereocenters. The number of carbonyl (C=O) groups excluding carboxylic acids is 2. The topological polar surface area (TPSA) is 70.2 Å². The monoisotopic (exact) mass is 277 g/mol. The lowest BCUT2D eigenvalue weighted by molar-refractivity contribution is -0.129. The first-order chi connectivity index (χ1) is 7.94. The number of hydrogen-bond acceptors (Lipinski definition) is 3. The average molecular weight is 278 g/mol. The van der Waals surface area contributed by atoms with E-state index in [0.29, 0.717) is 13.0 Å². The van der Waals surface area contributed by atoms with Crippen LogP contribution >= 0.6 is 12.4 Å². The van der Waals surface area contributed by atoms with Crippen LogP contribution in [0.4, 0.5) is 0 Å². The van der Waals surface area contributed by atoms with Crippen molar-refractivity contribution in [2.24, 2.45) is 5.41 Å². The third kappa shape index (κ3) is 5.23. The zero-order valence-electron chi connectivity index (χ0n) is 11.3. The lowest BCUT2D eigenvalue weighted by atomic mass is 9.89. The lowest BCUT2D eigenvalue weighted by Gasteiger charge is -2.21. The van der Waals surface area contributed by atoms with Crippen LogP contribution in [-0.4, -0.2) is 37.5 Å². The Balaban J connectivity index is 0.00000289. The minimum absolute atomic E-state index is 0. The zero-order valence-corrected chi connectivity index (χ0v) is 12.2. The Bertz CT molecular complexity index is 289. The first kappa shape index (κ1) is 17.2. The molecular weight excluding hydrogens is 254 g/mol. The van der Waals surface area contributed by atoms with Gasteiger partial charge in [-0.2, -0.15) is 0 Å². The number of rotatable bonds is 5. The van der Waals surface area contributed by atoms with E-state index < -0.39 is 0 Å². The third-order valence-corrected chi connectivity index (χ3v) is 3.00. The van der Waals surface area contributed by atoms with Crippen LogP contribution in [0.5, 0.6) is 0 Å². The average Bonchev–Trinajstić information content (AvgIpc) is 2.65. The normalized spacial score (nSPS) is 22.4. The largest absolute Gasteiger partial charge is 0.355 e. The summed E-state index contributed by atoms with van der Waals surface area (Å²) < 4.78 is 0. The van der Waals surface area contributed by atoms with Gasteiger partial charge in [0.25, 0.3) is 0 Å². The van der Waals surface area contributed by atoms with E-state index in [1.807, 2.05) is 20.8 Å². The highest BCUT2D eigenvalue weighted by molar-refractivity contribution is 5.85. The van der Waals surface area contributed by atoms with E-state index in [9.17, 15) is 9.59 Å². The van der Waals surface area contributed by atoms with Gasteiger partial charge in [-0.15, -0.1) is 12.4 Å². The Morgan fingerprint density at radius 2 is 2.06 bits per heavy atom. The van der Waals surface area contributed by atoms with Gasteiger partial charge < -0.3 is 16.0 Å². The molecule has 1 heterocycles. The maximum Gasteiger partial charge on any atom is 0.227 e. The van der Waals surface area contributed by atoms with E-state index in [-0.39, 0.29) is 35.7 Å². The molecule has 3 N–H and O–H groups in total. The van der Waals surface area contributed by atoms with Crippen molar-refractivity contribution >= 4 is 24.2 Å². The van der Waals surface area contributed by atoms with E-state index in [1.165, 1.54) is 0 Å². The number of hydrogen-bond donors (Lipinski definition) is 3. The molecule has 1 unspecified atom stereocenters. The molecule has 0 saturated carbocycles. The zero-order chi connectivity index (χ0) is 12.9. The van der Waals surface area contributed by atoms with Gasteiger partial charge in [0, 0.05) is 25.6 Å². The van der Waals surface area contributed by atoms with E-state index in [0.717, 1.165) is 19.5 Å². The molecule has 0 bridgehead atoms. The van der Waals surface area contributed by atoms with Crippen LogP contribution in [0.3, 0.4) is 0 Å². The van der Waals surface area contributed by atoms with Gasteiger partial charge >= 0.3 is 0 Å². The SMILES string of the molecule is CC(C)NC(=O)CCNC(=O)C1(C)CCNC1.Cl. The molecule has 0 spiro atoms. The van der Waals surface area contributed by atoms with Crippen molar-refractivity contribution in [3.8, 4) is 0 Å². The quantitative estimate of drug-likeness (QED) is 0.683. The second-order valence-corrected chi connectivity index (χ2v) is 5.22. The van der Waals surface area contributed by atoms with Crippen LogP contribution in [0.15, 0.2) is 0 Å². The first-order valence-electron chi connectivity index (χ1n) is 6.22. The van der Waals surface area contributed by atoms with Crippen LogP contribution < -0.4 is 16.0 Å². The first-order valence-corrected chi connectivity index (χ1v) is 6.22. The van der Waals surface area contributed by atoms with Gasteiger partial charge in [0.1, 0.15) is 0 Å². The number of halogens is 1. The van der Waals surface area contributed by atoms with Crippen molar-refractivity contribution in [1.29, 1.82) is 0 Å². The minimum Gasteiger partial charge on any atom is -0.355 e. The molecule has 0 aliphatic carbocycles. The summed E-state index contributed by atoms with van der Waals surface area (Å²) in [5.74, 6) is 0.0230. The van der Waals surface area contributed by atoms with Crippen molar-refractivity contribution in [1.82, 2.24) is 16.0 Å². The summed E-state index contributed by atoms with van der Waals surface area (Å²) in [6.07, 6.45) is 1.20. The Morgan fingerprint density at radius 3 is 2.56 bits per heavy atom. The Hall–Kier alpha value is -0.810. The van der Waals surface area contributed by atoms with Crippen molar-refractivity contribution in [2.75, 3.05) is 19.6 Å². The Labute approximate surface area is 115 Å². The van der Waals surface area contributed by atoms with Crippen LogP contribution in [0, 0.1) is 5.41 Å². The molecule has 0 radical (unpaired) electrons. The van der Waals surface area contributed by atoms with Crippen LogP contribution in [0.25, 0.3) is 0 Å². The van der Waals surface area contributed by atoms with Crippen molar-refractivity contribution in [2.45, 2.75) is 39.7 Å². The second-order valence-electron chi connectivity index (χ2n) is 5.22. The predicted octanol–water partition coefficient (Wildman–Crippen LogP) is 0.439. The smallest absolute Gasteiger partial charge is 0.227 e. The van der Waals surface area contributed by atoms with Gasteiger partial charge in [-0.1, -0.05) is 0 Å². The fraction of sp³-hybridized carbons (Fsp3) is 0.833. The summed E-state index contributed by atoms with van der Waals surface area (Å²) >= 11 is 0. The Kier molecular flexibility index (Phi) is 7.25. The summed E-state index contributed by atoms with van der Waals surface area (Å²) in [5, 5.41) is 8.80. The predicted molar refractivity (Wildman–Crippen MR) is 73.7 cm³/mol. The summed E-state index contributed by atoms with van der Waals surface area (Å²) in [6, 6.07) is 0.148. The summed E-state index contributed by atoms with van der Waals surface area (Å²) in [4.78, 5) is 23.2. The maximum atomic E-state index is 11.9. The van der Waals surface area contributed by atoms with Crippen molar-refractivity contribution < 1.29 is 9.59 Å². The molecule has 1 saturated heterocycles. The summed E-state index contributed by atoms with van der Waals surface area (Å²) in [6.45, 7) is 7.81. The molecular formula is C12H24ClN3O2. The number of carbonyl (C=O) groups is 2. The van der Waals surface area contributed by atoms with Gasteiger partial charge in [0.05, 0.1) is 5.41 Å². The fourth-order valence-corrected chi connectivity index (χ4v) is 1.91. The van der Waals surface area contributed by atoms with E-state index >= 15 is 0 Å². The van der Waals surface area contributed by atoms with Crippen molar-refractivity contribution in [3.63, 3.8) is 0 Å². The molecule has 1 aliphatic heterocycles. The standard InChI is InChI=1S/C12H23N3O2.ClH/c1-9(2)15-10(16)4-6-14-11(17)12(3)5-7-13-8-12;/h9,13H,4-8H2,1-3H3,(H,14,17)(H,15,16);1H. The lowest BCUT2D eigenvalue weighted by Crippen LogP contribution is -2.42. The van der Waals surface area contributed by atoms with Gasteiger partial charge in [-0.05, 0) is 33.7 Å². The maximum absolute atomic E-state index is 11.9. The molecule has 6 heteroatoms. The van der Waals surface area contributed by atoms with Gasteiger partial charge in [-0.3, -0.25) is 9.59 Å². The van der Waals surface area contributed by atoms with E-state index in [4.69, 9.17) is 0 Å². The highest BCUT2D eigenvalue weighted by Crippen LogP contribution is 2.24. The highest BCUT2D eigenvalue weighted by Gasteiger charge is 2.35. The molecule has 18 heavy (non-hydrogen) atoms. The van der Waals surface area contributed by atoms with Crippen LogP contribution in [0.1, 0.15) is 33.6 Å². The summed E-state index contributed by atoms with van der Waals surface area (Å²) in [5.41, 5.74) is -0.311. The van der Waals surface area contributed by atoms with Gasteiger partial charge in [-0.25, -0.2) is 0 Å². The number of amides is 2. The second kappa shape index (κ2) is 7.59. The molecule has 1 rings (SSSR count). The molecule has 1 fully saturated rings. The molecule has 0 aromatic heterocycles. The summed E-state index contributed by atoms with van der Waals surface area (Å²) in [7, 11) is 0. The Morgan fingerprint density at radius 1 is 1.39 bits per heavy atom. The molecule has 1 aliphatic rings. The molecule has 2 amide bonds. The molecule has 106 valence electrons. The third-order valence-electron chi connectivity index (χ3n) is 3.00. The fourth-order valence-electron chi connectivity index (χ4n) is 1.91. The van der Waals surface area contributed by atoms with Gasteiger partial charge in [0.2, 0.25) is 11.8 Å². The minimum atomic E-state index is -0.311. The number of nitrogens with one attached hydrogen (secondary N) is 3. The van der Waals surface area contributed by atoms with E-state index in [2.05, 4.69) is 16.0 Å². The van der Waals surface area contributed by atoms with Crippen molar-refractivity contribution in [3.05, 3.63) is 0 Å². The van der Waals surface area contributed by atoms with E-state index in [1.54, 1.807) is 0 Å². The highest BCUT2D eigenvalue weighted by atomic mass is 35.5. The van der Waals surface area contributed by atoms with Gasteiger partial charge in [0.15, 0.2) is 0 Å².